The second-order valence-electron chi connectivity index (χ2n) is 8.63. The van der Waals surface area contributed by atoms with Crippen LogP contribution in [0.15, 0.2) is 77.7 Å². The minimum absolute atomic E-state index is 0.0471. The first-order valence-electron chi connectivity index (χ1n) is 12.3. The minimum atomic E-state index is -4.27. The van der Waals surface area contributed by atoms with Gasteiger partial charge in [-0.05, 0) is 79.6 Å². The normalized spacial score (nSPS) is 11.9. The summed E-state index contributed by atoms with van der Waals surface area (Å²) >= 11 is 6.01. The molecule has 11 heteroatoms. The number of likely N-dealkylation sites (N-methyl/N-ethyl adjacent to an activating group) is 1. The molecule has 3 aromatic carbocycles. The fourth-order valence-electron chi connectivity index (χ4n) is 4.01. The Hall–Kier alpha value is -3.63. The van der Waals surface area contributed by atoms with Gasteiger partial charge in [-0.1, -0.05) is 30.7 Å². The highest BCUT2D eigenvalue weighted by molar-refractivity contribution is 7.92. The average Bonchev–Trinajstić information content (AvgIpc) is 2.93. The van der Waals surface area contributed by atoms with Crippen molar-refractivity contribution in [1.29, 1.82) is 0 Å². The molecule has 0 saturated carbocycles. The van der Waals surface area contributed by atoms with Crippen molar-refractivity contribution in [3.63, 3.8) is 0 Å². The summed E-state index contributed by atoms with van der Waals surface area (Å²) in [6, 6.07) is 16.5. The topological polar surface area (TPSA) is 96.0 Å². The third-order valence-electron chi connectivity index (χ3n) is 6.04. The van der Waals surface area contributed by atoms with E-state index >= 15 is 0 Å². The third kappa shape index (κ3) is 7.48. The molecule has 3 rings (SSSR count). The van der Waals surface area contributed by atoms with Crippen LogP contribution in [0.2, 0.25) is 5.02 Å². The fourth-order valence-corrected chi connectivity index (χ4v) is 5.55. The first-order chi connectivity index (χ1) is 18.6. The molecule has 0 aliphatic heterocycles. The van der Waals surface area contributed by atoms with Gasteiger partial charge in [-0.25, -0.2) is 12.8 Å². The zero-order chi connectivity index (χ0) is 28.6. The maximum Gasteiger partial charge on any atom is 0.264 e. The lowest BCUT2D eigenvalue weighted by Gasteiger charge is -2.33. The average molecular weight is 576 g/mol. The number of methoxy groups -OCH3 is 1. The number of benzene rings is 3. The van der Waals surface area contributed by atoms with Crippen LogP contribution < -0.4 is 14.4 Å². The number of carbonyl (C=O) groups excluding carboxylic acids is 2. The van der Waals surface area contributed by atoms with Crippen LogP contribution in [-0.4, -0.2) is 51.4 Å². The number of amides is 2. The van der Waals surface area contributed by atoms with Crippen molar-refractivity contribution < 1.29 is 27.1 Å². The molecule has 0 spiro atoms. The number of anilines is 1. The number of ether oxygens (including phenoxy) is 1. The Morgan fingerprint density at radius 3 is 2.13 bits per heavy atom. The summed E-state index contributed by atoms with van der Waals surface area (Å²) in [5, 5.41) is 3.26. The molecule has 3 aromatic rings. The van der Waals surface area contributed by atoms with E-state index in [4.69, 9.17) is 16.3 Å². The summed E-state index contributed by atoms with van der Waals surface area (Å²) in [5.74, 6) is -1.06. The summed E-state index contributed by atoms with van der Waals surface area (Å²) in [7, 11) is -2.81. The summed E-state index contributed by atoms with van der Waals surface area (Å²) < 4.78 is 47.3. The van der Waals surface area contributed by atoms with Gasteiger partial charge >= 0.3 is 0 Å². The summed E-state index contributed by atoms with van der Waals surface area (Å²) in [4.78, 5) is 28.1. The Morgan fingerprint density at radius 1 is 0.974 bits per heavy atom. The van der Waals surface area contributed by atoms with Crippen LogP contribution in [0.5, 0.6) is 5.75 Å². The van der Waals surface area contributed by atoms with Gasteiger partial charge in [-0.2, -0.15) is 0 Å². The Kier molecular flexibility index (Phi) is 10.3. The van der Waals surface area contributed by atoms with Crippen molar-refractivity contribution in [3.05, 3.63) is 89.2 Å². The molecule has 39 heavy (non-hydrogen) atoms. The third-order valence-corrected chi connectivity index (χ3v) is 8.08. The van der Waals surface area contributed by atoms with Crippen LogP contribution in [0.1, 0.15) is 25.8 Å². The fraction of sp³-hybridized carbons (Fsp3) is 0.286. The standard InChI is InChI=1S/C28H31ClFN3O5S/c1-4-26(28(35)31-5-2)32(18-20-6-8-21(29)9-7-20)27(34)19-33(23-12-10-22(30)11-13-23)39(36,37)25-16-14-24(38-3)15-17-25/h6-17,26H,4-5,18-19H2,1-3H3,(H,31,35). The summed E-state index contributed by atoms with van der Waals surface area (Å²) in [6.07, 6.45) is 0.299. The van der Waals surface area contributed by atoms with Crippen LogP contribution in [-0.2, 0) is 26.2 Å². The van der Waals surface area contributed by atoms with Crippen LogP contribution in [0.25, 0.3) is 0 Å². The number of rotatable bonds is 12. The Bertz CT molecular complexity index is 1370. The number of nitrogens with zero attached hydrogens (tertiary/aromatic N) is 2. The van der Waals surface area contributed by atoms with Gasteiger partial charge in [0.1, 0.15) is 24.2 Å². The van der Waals surface area contributed by atoms with E-state index in [0.29, 0.717) is 29.3 Å². The molecule has 1 N–H and O–H groups in total. The van der Waals surface area contributed by atoms with Crippen molar-refractivity contribution in [2.75, 3.05) is 24.5 Å². The van der Waals surface area contributed by atoms with Crippen LogP contribution >= 0.6 is 11.6 Å². The Labute approximate surface area is 233 Å². The molecule has 0 bridgehead atoms. The quantitative estimate of drug-likeness (QED) is 0.340. The van der Waals surface area contributed by atoms with Gasteiger partial charge in [-0.3, -0.25) is 13.9 Å². The van der Waals surface area contributed by atoms with E-state index in [9.17, 15) is 22.4 Å². The number of hydrogen-bond donors (Lipinski definition) is 1. The maximum absolute atomic E-state index is 13.9. The first kappa shape index (κ1) is 29.9. The molecule has 0 aliphatic carbocycles. The lowest BCUT2D eigenvalue weighted by molar-refractivity contribution is -0.140. The molecule has 0 aromatic heterocycles. The van der Waals surface area contributed by atoms with Crippen LogP contribution in [0.3, 0.4) is 0 Å². The van der Waals surface area contributed by atoms with Crippen molar-refractivity contribution in [2.45, 2.75) is 37.8 Å². The Morgan fingerprint density at radius 2 is 1.59 bits per heavy atom. The first-order valence-corrected chi connectivity index (χ1v) is 14.2. The molecule has 0 aliphatic rings. The van der Waals surface area contributed by atoms with E-state index < -0.39 is 34.3 Å². The van der Waals surface area contributed by atoms with Gasteiger partial charge in [0.15, 0.2) is 0 Å². The molecular formula is C28H31ClFN3O5S. The lowest BCUT2D eigenvalue weighted by atomic mass is 10.1. The van der Waals surface area contributed by atoms with E-state index in [0.717, 1.165) is 16.4 Å². The molecule has 0 fully saturated rings. The molecule has 0 saturated heterocycles. The molecule has 2 amide bonds. The monoisotopic (exact) mass is 575 g/mol. The Balaban J connectivity index is 2.04. The van der Waals surface area contributed by atoms with Crippen LogP contribution in [0, 0.1) is 5.82 Å². The van der Waals surface area contributed by atoms with E-state index in [1.165, 1.54) is 48.4 Å². The molecule has 208 valence electrons. The highest BCUT2D eigenvalue weighted by Crippen LogP contribution is 2.26. The van der Waals surface area contributed by atoms with Gasteiger partial charge in [0.2, 0.25) is 11.8 Å². The zero-order valence-corrected chi connectivity index (χ0v) is 23.5. The van der Waals surface area contributed by atoms with E-state index in [-0.39, 0.29) is 23.0 Å². The second-order valence-corrected chi connectivity index (χ2v) is 10.9. The number of carbonyl (C=O) groups is 2. The highest BCUT2D eigenvalue weighted by Gasteiger charge is 2.33. The van der Waals surface area contributed by atoms with Crippen molar-refractivity contribution >= 4 is 39.1 Å². The number of nitrogens with one attached hydrogen (secondary N) is 1. The molecular weight excluding hydrogens is 545 g/mol. The highest BCUT2D eigenvalue weighted by atomic mass is 35.5. The molecule has 0 heterocycles. The minimum Gasteiger partial charge on any atom is -0.497 e. The van der Waals surface area contributed by atoms with Crippen LogP contribution in [0.4, 0.5) is 10.1 Å². The lowest BCUT2D eigenvalue weighted by Crippen LogP contribution is -2.52. The van der Waals surface area contributed by atoms with Gasteiger partial charge in [0, 0.05) is 18.1 Å². The number of halogens is 2. The largest absolute Gasteiger partial charge is 0.497 e. The van der Waals surface area contributed by atoms with Gasteiger partial charge in [0.05, 0.1) is 17.7 Å². The maximum atomic E-state index is 13.9. The molecule has 1 atom stereocenters. The SMILES string of the molecule is CCNC(=O)C(CC)N(Cc1ccc(Cl)cc1)C(=O)CN(c1ccc(F)cc1)S(=O)(=O)c1ccc(OC)cc1. The summed E-state index contributed by atoms with van der Waals surface area (Å²) in [5.41, 5.74) is 0.805. The molecule has 8 nitrogen and oxygen atoms in total. The van der Waals surface area contributed by atoms with Gasteiger partial charge < -0.3 is 15.0 Å². The van der Waals surface area contributed by atoms with E-state index in [2.05, 4.69) is 5.32 Å². The molecule has 0 radical (unpaired) electrons. The van der Waals surface area contributed by atoms with Crippen molar-refractivity contribution in [1.82, 2.24) is 10.2 Å². The van der Waals surface area contributed by atoms with E-state index in [1.54, 1.807) is 38.1 Å². The predicted molar refractivity (Wildman–Crippen MR) is 149 cm³/mol. The summed E-state index contributed by atoms with van der Waals surface area (Å²) in [6.45, 7) is 3.34. The zero-order valence-electron chi connectivity index (χ0n) is 21.9. The number of hydrogen-bond acceptors (Lipinski definition) is 5. The number of sulfonamides is 1. The smallest absolute Gasteiger partial charge is 0.264 e. The van der Waals surface area contributed by atoms with Gasteiger partial charge in [0.25, 0.3) is 10.0 Å². The molecule has 1 unspecified atom stereocenters. The van der Waals surface area contributed by atoms with Crippen molar-refractivity contribution in [3.8, 4) is 5.75 Å². The van der Waals surface area contributed by atoms with Crippen molar-refractivity contribution in [2.24, 2.45) is 0 Å². The van der Waals surface area contributed by atoms with Gasteiger partial charge in [-0.15, -0.1) is 0 Å². The second kappa shape index (κ2) is 13.4. The van der Waals surface area contributed by atoms with E-state index in [1.807, 2.05) is 0 Å². The predicted octanol–water partition coefficient (Wildman–Crippen LogP) is 4.63.